The number of rotatable bonds is 5. The van der Waals surface area contributed by atoms with Crippen LogP contribution < -0.4 is 5.32 Å². The van der Waals surface area contributed by atoms with Gasteiger partial charge in [-0.25, -0.2) is 4.98 Å². The lowest BCUT2D eigenvalue weighted by Gasteiger charge is -2.04. The van der Waals surface area contributed by atoms with Crippen molar-refractivity contribution in [3.05, 3.63) is 16.9 Å². The van der Waals surface area contributed by atoms with Gasteiger partial charge in [0.15, 0.2) is 10.3 Å². The van der Waals surface area contributed by atoms with Crippen LogP contribution in [-0.2, 0) is 17.6 Å². The number of hydrogen-bond donors (Lipinski definition) is 1. The number of carbonyl (C=O) groups is 1. The summed E-state index contributed by atoms with van der Waals surface area (Å²) in [6.07, 6.45) is 7.45. The highest BCUT2D eigenvalue weighted by molar-refractivity contribution is 7.99. The molecule has 1 N–H and O–H groups in total. The van der Waals surface area contributed by atoms with Gasteiger partial charge in [0.25, 0.3) is 0 Å². The lowest BCUT2D eigenvalue weighted by Crippen LogP contribution is -2.14. The summed E-state index contributed by atoms with van der Waals surface area (Å²) in [4.78, 5) is 17.8. The molecule has 4 rings (SSSR count). The molecule has 0 aliphatic heterocycles. The van der Waals surface area contributed by atoms with Crippen molar-refractivity contribution in [2.45, 2.75) is 43.3 Å². The topological polar surface area (TPSA) is 72.7 Å². The van der Waals surface area contributed by atoms with Crippen molar-refractivity contribution >= 4 is 34.1 Å². The Morgan fingerprint density at radius 1 is 1.48 bits per heavy atom. The van der Waals surface area contributed by atoms with Crippen LogP contribution in [0.15, 0.2) is 11.5 Å². The van der Waals surface area contributed by atoms with E-state index < -0.39 is 0 Å². The average Bonchev–Trinajstić information content (AvgIpc) is 2.87. The third kappa shape index (κ3) is 2.82. The minimum atomic E-state index is -0.0298. The molecule has 0 atom stereocenters. The molecule has 0 unspecified atom stereocenters. The fourth-order valence-electron chi connectivity index (χ4n) is 2.47. The number of thiazole rings is 1. The molecule has 0 aromatic carbocycles. The molecule has 1 saturated carbocycles. The van der Waals surface area contributed by atoms with Gasteiger partial charge in [-0.3, -0.25) is 4.79 Å². The predicted octanol–water partition coefficient (Wildman–Crippen LogP) is 2.29. The van der Waals surface area contributed by atoms with Crippen molar-refractivity contribution in [2.24, 2.45) is 0 Å². The second kappa shape index (κ2) is 5.42. The Hall–Kier alpha value is -1.41. The molecule has 0 bridgehead atoms. The summed E-state index contributed by atoms with van der Waals surface area (Å²) < 4.78 is 2.07. The molecule has 6 nitrogen and oxygen atoms in total. The minimum Gasteiger partial charge on any atom is -0.306 e. The van der Waals surface area contributed by atoms with Crippen molar-refractivity contribution in [1.82, 2.24) is 19.7 Å². The van der Waals surface area contributed by atoms with E-state index in [1.807, 2.05) is 0 Å². The first kappa shape index (κ1) is 13.3. The second-order valence-corrected chi connectivity index (χ2v) is 7.36. The van der Waals surface area contributed by atoms with Gasteiger partial charge in [0.05, 0.1) is 11.4 Å². The molecular weight excluding hydrogens is 306 g/mol. The number of amides is 1. The van der Waals surface area contributed by atoms with Crippen molar-refractivity contribution in [1.29, 1.82) is 0 Å². The maximum absolute atomic E-state index is 12.0. The zero-order valence-corrected chi connectivity index (χ0v) is 13.0. The third-order valence-electron chi connectivity index (χ3n) is 3.65. The van der Waals surface area contributed by atoms with Gasteiger partial charge in [-0.1, -0.05) is 11.8 Å². The van der Waals surface area contributed by atoms with Crippen molar-refractivity contribution in [3.8, 4) is 0 Å². The highest BCUT2D eigenvalue weighted by Gasteiger charge is 2.26. The Labute approximate surface area is 130 Å². The second-order valence-electron chi connectivity index (χ2n) is 5.33. The van der Waals surface area contributed by atoms with Crippen LogP contribution in [0.1, 0.15) is 35.9 Å². The minimum absolute atomic E-state index is 0.0298. The molecule has 2 aromatic heterocycles. The number of nitrogens with one attached hydrogen (secondary N) is 1. The van der Waals surface area contributed by atoms with Gasteiger partial charge >= 0.3 is 0 Å². The molecule has 1 fully saturated rings. The number of carbonyl (C=O) groups excluding carboxylic acids is 1. The molecule has 21 heavy (non-hydrogen) atoms. The van der Waals surface area contributed by atoms with Crippen LogP contribution >= 0.6 is 23.1 Å². The number of anilines is 1. The summed E-state index contributed by atoms with van der Waals surface area (Å²) in [7, 11) is 0. The zero-order chi connectivity index (χ0) is 14.2. The van der Waals surface area contributed by atoms with E-state index >= 15 is 0 Å². The van der Waals surface area contributed by atoms with Gasteiger partial charge < -0.3 is 9.88 Å². The molecule has 2 aliphatic carbocycles. The van der Waals surface area contributed by atoms with E-state index in [4.69, 9.17) is 0 Å². The lowest BCUT2D eigenvalue weighted by molar-refractivity contribution is -0.113. The van der Waals surface area contributed by atoms with Gasteiger partial charge in [-0.2, -0.15) is 0 Å². The SMILES string of the molecule is O=C(CSc1nncn1C1CC1)Nc1nc2c(s1)CCC2. The quantitative estimate of drug-likeness (QED) is 0.855. The summed E-state index contributed by atoms with van der Waals surface area (Å²) in [5.41, 5.74) is 1.16. The molecule has 8 heteroatoms. The van der Waals surface area contributed by atoms with E-state index in [2.05, 4.69) is 25.1 Å². The summed E-state index contributed by atoms with van der Waals surface area (Å²) in [5.74, 6) is 0.313. The molecule has 2 heterocycles. The Morgan fingerprint density at radius 2 is 2.38 bits per heavy atom. The molecule has 0 radical (unpaired) electrons. The van der Waals surface area contributed by atoms with Gasteiger partial charge in [0.2, 0.25) is 5.91 Å². The molecular formula is C13H15N5OS2. The van der Waals surface area contributed by atoms with Gasteiger partial charge in [0.1, 0.15) is 6.33 Å². The van der Waals surface area contributed by atoms with Crippen LogP contribution in [-0.4, -0.2) is 31.4 Å². The van der Waals surface area contributed by atoms with Crippen molar-refractivity contribution < 1.29 is 4.79 Å². The maximum atomic E-state index is 12.0. The highest BCUT2D eigenvalue weighted by atomic mass is 32.2. The number of aromatic nitrogens is 4. The van der Waals surface area contributed by atoms with E-state index in [0.29, 0.717) is 11.8 Å². The third-order valence-corrected chi connectivity index (χ3v) is 5.68. The Morgan fingerprint density at radius 3 is 3.19 bits per heavy atom. The van der Waals surface area contributed by atoms with Crippen molar-refractivity contribution in [2.75, 3.05) is 11.1 Å². The number of fused-ring (bicyclic) bond motifs is 1. The van der Waals surface area contributed by atoms with Crippen LogP contribution in [0.5, 0.6) is 0 Å². The Balaban J connectivity index is 1.34. The highest BCUT2D eigenvalue weighted by Crippen LogP contribution is 2.37. The van der Waals surface area contributed by atoms with E-state index in [1.54, 1.807) is 17.7 Å². The first-order chi connectivity index (χ1) is 10.3. The normalized spacial score (nSPS) is 17.0. The standard InChI is InChI=1S/C13H15N5OS2/c19-11(16-12-15-9-2-1-3-10(9)21-12)6-20-13-17-14-7-18(13)8-4-5-8/h7-8H,1-6H2,(H,15,16,19). The van der Waals surface area contributed by atoms with Crippen LogP contribution in [0.3, 0.4) is 0 Å². The first-order valence-electron chi connectivity index (χ1n) is 7.10. The molecule has 1 amide bonds. The fraction of sp³-hybridized carbons (Fsp3) is 0.538. The maximum Gasteiger partial charge on any atom is 0.236 e. The van der Waals surface area contributed by atoms with E-state index in [-0.39, 0.29) is 5.91 Å². The summed E-state index contributed by atoms with van der Waals surface area (Å²) in [6.45, 7) is 0. The number of thioether (sulfide) groups is 1. The number of nitrogens with zero attached hydrogens (tertiary/aromatic N) is 4. The zero-order valence-electron chi connectivity index (χ0n) is 11.4. The number of aryl methyl sites for hydroxylation is 2. The summed E-state index contributed by atoms with van der Waals surface area (Å²) >= 11 is 3.04. The molecule has 2 aromatic rings. The van der Waals surface area contributed by atoms with Crippen LogP contribution in [0.25, 0.3) is 0 Å². The van der Waals surface area contributed by atoms with Gasteiger partial charge in [-0.05, 0) is 32.1 Å². The number of hydrogen-bond acceptors (Lipinski definition) is 6. The largest absolute Gasteiger partial charge is 0.306 e. The van der Waals surface area contributed by atoms with Gasteiger partial charge in [-0.15, -0.1) is 21.5 Å². The van der Waals surface area contributed by atoms with E-state index in [1.165, 1.54) is 35.9 Å². The Bertz CT molecular complexity index is 654. The predicted molar refractivity (Wildman–Crippen MR) is 81.8 cm³/mol. The first-order valence-corrected chi connectivity index (χ1v) is 8.90. The Kier molecular flexibility index (Phi) is 3.42. The smallest absolute Gasteiger partial charge is 0.236 e. The van der Waals surface area contributed by atoms with Crippen molar-refractivity contribution in [3.63, 3.8) is 0 Å². The molecule has 110 valence electrons. The molecule has 0 spiro atoms. The molecule has 2 aliphatic rings. The van der Waals surface area contributed by atoms with Gasteiger partial charge in [0, 0.05) is 10.9 Å². The van der Waals surface area contributed by atoms with E-state index in [0.717, 1.165) is 28.8 Å². The average molecular weight is 321 g/mol. The monoisotopic (exact) mass is 321 g/mol. The van der Waals surface area contributed by atoms with E-state index in [9.17, 15) is 4.79 Å². The molecule has 0 saturated heterocycles. The van der Waals surface area contributed by atoms with Crippen LogP contribution in [0.4, 0.5) is 5.13 Å². The lowest BCUT2D eigenvalue weighted by atomic mass is 10.4. The fourth-order valence-corrected chi connectivity index (χ4v) is 4.32. The van der Waals surface area contributed by atoms with Crippen LogP contribution in [0.2, 0.25) is 0 Å². The summed E-state index contributed by atoms with van der Waals surface area (Å²) in [6, 6.07) is 0.535. The van der Waals surface area contributed by atoms with Crippen LogP contribution in [0, 0.1) is 0 Å². The summed E-state index contributed by atoms with van der Waals surface area (Å²) in [5, 5.41) is 12.5.